The van der Waals surface area contributed by atoms with E-state index >= 15 is 0 Å². The van der Waals surface area contributed by atoms with Gasteiger partial charge in [0.2, 0.25) is 0 Å². The van der Waals surface area contributed by atoms with Gasteiger partial charge in [-0.05, 0) is 39.7 Å². The highest BCUT2D eigenvalue weighted by molar-refractivity contribution is 9.10. The van der Waals surface area contributed by atoms with Crippen molar-refractivity contribution in [3.05, 3.63) is 58.1 Å². The Labute approximate surface area is 123 Å². The largest absolute Gasteiger partial charge is 0.398 e. The molecule has 3 nitrogen and oxygen atoms in total. The molecule has 0 atom stereocenters. The second-order valence-corrected chi connectivity index (χ2v) is 6.91. The Morgan fingerprint density at radius 3 is 2.50 bits per heavy atom. The van der Waals surface area contributed by atoms with Crippen LogP contribution in [0.2, 0.25) is 0 Å². The van der Waals surface area contributed by atoms with E-state index in [0.29, 0.717) is 21.8 Å². The molecule has 0 amide bonds. The zero-order chi connectivity index (χ0) is 14.9. The molecular formula is C13H10BrF2NO2S. The van der Waals surface area contributed by atoms with Crippen LogP contribution in [0.25, 0.3) is 0 Å². The van der Waals surface area contributed by atoms with Crippen LogP contribution < -0.4 is 5.73 Å². The molecule has 0 heterocycles. The molecule has 0 aromatic heterocycles. The average molecular weight is 362 g/mol. The highest BCUT2D eigenvalue weighted by atomic mass is 79.9. The van der Waals surface area contributed by atoms with E-state index in [4.69, 9.17) is 5.73 Å². The Morgan fingerprint density at radius 2 is 1.85 bits per heavy atom. The molecule has 20 heavy (non-hydrogen) atoms. The van der Waals surface area contributed by atoms with Crippen LogP contribution in [0.15, 0.2) is 45.8 Å². The van der Waals surface area contributed by atoms with Crippen molar-refractivity contribution >= 4 is 31.5 Å². The van der Waals surface area contributed by atoms with E-state index in [1.807, 2.05) is 0 Å². The lowest BCUT2D eigenvalue weighted by molar-refractivity contribution is 0.549. The molecule has 0 aliphatic carbocycles. The topological polar surface area (TPSA) is 60.2 Å². The molecule has 0 bridgehead atoms. The molecule has 7 heteroatoms. The minimum Gasteiger partial charge on any atom is -0.398 e. The van der Waals surface area contributed by atoms with Crippen LogP contribution in [-0.2, 0) is 15.6 Å². The molecule has 2 N–H and O–H groups in total. The first-order valence-electron chi connectivity index (χ1n) is 5.52. The third-order valence-electron chi connectivity index (χ3n) is 2.68. The van der Waals surface area contributed by atoms with E-state index in [9.17, 15) is 17.2 Å². The summed E-state index contributed by atoms with van der Waals surface area (Å²) in [5, 5.41) is 0. The molecule has 0 unspecified atom stereocenters. The van der Waals surface area contributed by atoms with Crippen LogP contribution in [0.3, 0.4) is 0 Å². The van der Waals surface area contributed by atoms with Gasteiger partial charge in [-0.1, -0.05) is 12.1 Å². The van der Waals surface area contributed by atoms with Crippen molar-refractivity contribution in [1.82, 2.24) is 0 Å². The van der Waals surface area contributed by atoms with Crippen molar-refractivity contribution in [2.24, 2.45) is 0 Å². The van der Waals surface area contributed by atoms with Crippen molar-refractivity contribution in [3.63, 3.8) is 0 Å². The van der Waals surface area contributed by atoms with Crippen molar-refractivity contribution in [2.75, 3.05) is 5.73 Å². The van der Waals surface area contributed by atoms with Gasteiger partial charge in [0.1, 0.15) is 16.5 Å². The van der Waals surface area contributed by atoms with E-state index in [-0.39, 0.29) is 0 Å². The van der Waals surface area contributed by atoms with Gasteiger partial charge in [-0.25, -0.2) is 17.2 Å². The van der Waals surface area contributed by atoms with Crippen molar-refractivity contribution in [2.45, 2.75) is 10.6 Å². The number of hydrogen-bond donors (Lipinski definition) is 1. The number of benzene rings is 2. The van der Waals surface area contributed by atoms with Gasteiger partial charge in [0.15, 0.2) is 9.84 Å². The van der Waals surface area contributed by atoms with Gasteiger partial charge in [-0.2, -0.15) is 0 Å². The number of rotatable bonds is 3. The van der Waals surface area contributed by atoms with E-state index in [0.717, 1.165) is 12.1 Å². The minimum absolute atomic E-state index is 0.386. The first-order chi connectivity index (χ1) is 9.31. The molecule has 0 fully saturated rings. The second-order valence-electron chi connectivity index (χ2n) is 4.15. The molecule has 0 radical (unpaired) electrons. The number of nitrogen functional groups attached to an aromatic ring is 1. The summed E-state index contributed by atoms with van der Waals surface area (Å²) in [5.74, 6) is -2.36. The number of nitrogens with two attached hydrogens (primary N) is 1. The maximum Gasteiger partial charge on any atom is 0.185 e. The fourth-order valence-corrected chi connectivity index (χ4v) is 3.75. The second kappa shape index (κ2) is 5.49. The lowest BCUT2D eigenvalue weighted by Crippen LogP contribution is -2.08. The zero-order valence-electron chi connectivity index (χ0n) is 10.1. The number of sulfone groups is 1. The summed E-state index contributed by atoms with van der Waals surface area (Å²) in [6, 6.07) is 7.15. The van der Waals surface area contributed by atoms with Crippen LogP contribution in [0.4, 0.5) is 14.5 Å². The number of halogens is 3. The van der Waals surface area contributed by atoms with E-state index in [1.54, 1.807) is 18.2 Å². The standard InChI is InChI=1S/C13H10BrF2NO2S/c14-13-8(2-1-3-11(13)17)7-20(18,19)12-5-4-9(15)6-10(12)16/h1-6H,7,17H2. The first-order valence-corrected chi connectivity index (χ1v) is 7.96. The molecule has 2 aromatic rings. The summed E-state index contributed by atoms with van der Waals surface area (Å²) in [6.45, 7) is 0. The summed E-state index contributed by atoms with van der Waals surface area (Å²) >= 11 is 3.19. The SMILES string of the molecule is Nc1cccc(CS(=O)(=O)c2ccc(F)cc2F)c1Br. The molecule has 2 rings (SSSR count). The Kier molecular flexibility index (Phi) is 4.10. The monoisotopic (exact) mass is 361 g/mol. The van der Waals surface area contributed by atoms with E-state index in [2.05, 4.69) is 15.9 Å². The van der Waals surface area contributed by atoms with Gasteiger partial charge in [-0.15, -0.1) is 0 Å². The van der Waals surface area contributed by atoms with Gasteiger partial charge in [0.25, 0.3) is 0 Å². The van der Waals surface area contributed by atoms with Gasteiger partial charge in [0.05, 0.1) is 5.75 Å². The lowest BCUT2D eigenvalue weighted by Gasteiger charge is -2.09. The Bertz CT molecular complexity index is 763. The molecule has 0 aliphatic heterocycles. The van der Waals surface area contributed by atoms with Crippen LogP contribution in [0.1, 0.15) is 5.56 Å². The third kappa shape index (κ3) is 2.99. The van der Waals surface area contributed by atoms with Crippen LogP contribution in [0, 0.1) is 11.6 Å². The molecule has 0 saturated carbocycles. The van der Waals surface area contributed by atoms with Gasteiger partial charge < -0.3 is 5.73 Å². The van der Waals surface area contributed by atoms with Crippen molar-refractivity contribution < 1.29 is 17.2 Å². The highest BCUT2D eigenvalue weighted by Gasteiger charge is 2.21. The Morgan fingerprint density at radius 1 is 1.15 bits per heavy atom. The van der Waals surface area contributed by atoms with Gasteiger partial charge >= 0.3 is 0 Å². The predicted molar refractivity (Wildman–Crippen MR) is 75.8 cm³/mol. The normalized spacial score (nSPS) is 11.6. The number of anilines is 1. The van der Waals surface area contributed by atoms with Gasteiger partial charge in [-0.3, -0.25) is 0 Å². The lowest BCUT2D eigenvalue weighted by atomic mass is 10.2. The van der Waals surface area contributed by atoms with Gasteiger partial charge in [0, 0.05) is 16.2 Å². The van der Waals surface area contributed by atoms with Crippen LogP contribution in [0.5, 0.6) is 0 Å². The summed E-state index contributed by atoms with van der Waals surface area (Å²) < 4.78 is 51.2. The summed E-state index contributed by atoms with van der Waals surface area (Å²) in [6.07, 6.45) is 0. The summed E-state index contributed by atoms with van der Waals surface area (Å²) in [7, 11) is -3.93. The van der Waals surface area contributed by atoms with E-state index < -0.39 is 32.1 Å². The number of hydrogen-bond acceptors (Lipinski definition) is 3. The molecule has 2 aromatic carbocycles. The average Bonchev–Trinajstić information content (AvgIpc) is 2.34. The first kappa shape index (κ1) is 14.9. The van der Waals surface area contributed by atoms with Crippen molar-refractivity contribution in [1.29, 1.82) is 0 Å². The highest BCUT2D eigenvalue weighted by Crippen LogP contribution is 2.28. The Hall–Kier alpha value is -1.47. The van der Waals surface area contributed by atoms with Crippen molar-refractivity contribution in [3.8, 4) is 0 Å². The molecule has 0 saturated heterocycles. The summed E-state index contributed by atoms with van der Waals surface area (Å²) in [5.41, 5.74) is 6.46. The predicted octanol–water partition coefficient (Wildman–Crippen LogP) is 3.28. The van der Waals surface area contributed by atoms with Crippen LogP contribution >= 0.6 is 15.9 Å². The maximum atomic E-state index is 13.6. The van der Waals surface area contributed by atoms with Crippen LogP contribution in [-0.4, -0.2) is 8.42 Å². The zero-order valence-corrected chi connectivity index (χ0v) is 12.5. The summed E-state index contributed by atoms with van der Waals surface area (Å²) in [4.78, 5) is -0.534. The quantitative estimate of drug-likeness (QED) is 0.673. The van der Waals surface area contributed by atoms with E-state index in [1.165, 1.54) is 0 Å². The smallest absolute Gasteiger partial charge is 0.185 e. The molecule has 0 spiro atoms. The Balaban J connectivity index is 2.44. The molecule has 0 aliphatic rings. The molecular weight excluding hydrogens is 352 g/mol. The minimum atomic E-state index is -3.93. The molecule has 106 valence electrons. The fraction of sp³-hybridized carbons (Fsp3) is 0.0769. The fourth-order valence-electron chi connectivity index (χ4n) is 1.72. The third-order valence-corrected chi connectivity index (χ3v) is 5.34. The maximum absolute atomic E-state index is 13.6.